The van der Waals surface area contributed by atoms with Crippen LogP contribution in [0.15, 0.2) is 62.7 Å². The molecule has 4 heterocycles. The average Bonchev–Trinajstić information content (AvgIpc) is 3.81. The monoisotopic (exact) mass is 694 g/mol. The van der Waals surface area contributed by atoms with E-state index in [2.05, 4.69) is 52.5 Å². The Kier molecular flexibility index (Phi) is 17.2. The quantitative estimate of drug-likeness (QED) is 0.101. The maximum atomic E-state index is 6.80. The Bertz CT molecular complexity index is 1160. The van der Waals surface area contributed by atoms with Crippen molar-refractivity contribution in [1.82, 2.24) is 5.01 Å². The number of azo groups is 1. The van der Waals surface area contributed by atoms with E-state index in [1.165, 1.54) is 89.9 Å². The number of allylic oxidation sites excluding steroid dienone is 1. The van der Waals surface area contributed by atoms with Gasteiger partial charge in [0.25, 0.3) is 0 Å². The van der Waals surface area contributed by atoms with Crippen LogP contribution in [0.25, 0.3) is 0 Å². The first-order valence-corrected chi connectivity index (χ1v) is 20.5. The van der Waals surface area contributed by atoms with Crippen LogP contribution >= 0.6 is 0 Å². The molecule has 5 rings (SSSR count). The fraction of sp³-hybridized carbons (Fsp3) is 0.805. The summed E-state index contributed by atoms with van der Waals surface area (Å²) in [6.07, 6.45) is 24.6. The summed E-state index contributed by atoms with van der Waals surface area (Å²) in [5.74, 6) is 0.403. The fourth-order valence-electron chi connectivity index (χ4n) is 8.22. The van der Waals surface area contributed by atoms with Crippen LogP contribution in [0.2, 0.25) is 0 Å². The molecule has 0 aromatic heterocycles. The summed E-state index contributed by atoms with van der Waals surface area (Å²) in [6.45, 7) is 6.96. The molecule has 9 heteroatoms. The lowest BCUT2D eigenvalue weighted by Gasteiger charge is -2.50. The van der Waals surface area contributed by atoms with Crippen LogP contribution in [0.3, 0.4) is 0 Å². The number of unbranched alkanes of at least 4 members (excludes halogenated alkanes) is 12. The van der Waals surface area contributed by atoms with Gasteiger partial charge in [0.15, 0.2) is 12.6 Å². The Balaban J connectivity index is 1.16. The minimum absolute atomic E-state index is 0.0863. The summed E-state index contributed by atoms with van der Waals surface area (Å²) < 4.78 is 25.6. The molecule has 2 saturated heterocycles. The van der Waals surface area contributed by atoms with Gasteiger partial charge in [-0.1, -0.05) is 133 Å². The first-order chi connectivity index (χ1) is 24.7. The van der Waals surface area contributed by atoms with E-state index in [0.29, 0.717) is 6.61 Å². The van der Waals surface area contributed by atoms with Gasteiger partial charge >= 0.3 is 0 Å². The smallest absolute Gasteiger partial charge is 0.184 e. The number of hydrogen-bond acceptors (Lipinski definition) is 9. The van der Waals surface area contributed by atoms with E-state index in [4.69, 9.17) is 24.1 Å². The highest BCUT2D eigenvalue weighted by Crippen LogP contribution is 2.44. The van der Waals surface area contributed by atoms with Gasteiger partial charge in [0.05, 0.1) is 37.0 Å². The third-order valence-corrected chi connectivity index (χ3v) is 11.2. The van der Waals surface area contributed by atoms with Gasteiger partial charge < -0.3 is 18.9 Å². The summed E-state index contributed by atoms with van der Waals surface area (Å²) in [5, 5.41) is 20.8. The normalized spacial score (nSPS) is 29.1. The van der Waals surface area contributed by atoms with Crippen molar-refractivity contribution in [3.63, 3.8) is 0 Å². The zero-order valence-electron chi connectivity index (χ0n) is 31.5. The summed E-state index contributed by atoms with van der Waals surface area (Å²) in [4.78, 5) is 0. The summed E-state index contributed by atoms with van der Waals surface area (Å²) in [6, 6.07) is 10.7. The minimum atomic E-state index is -0.398. The minimum Gasteiger partial charge on any atom is -0.356 e. The predicted molar refractivity (Wildman–Crippen MR) is 199 cm³/mol. The van der Waals surface area contributed by atoms with E-state index < -0.39 is 6.29 Å². The highest BCUT2D eigenvalue weighted by Gasteiger charge is 2.49. The predicted octanol–water partition coefficient (Wildman–Crippen LogP) is 10.9. The molecule has 0 aliphatic carbocycles. The van der Waals surface area contributed by atoms with Crippen LogP contribution in [-0.4, -0.2) is 62.4 Å². The number of rotatable bonds is 24. The van der Waals surface area contributed by atoms with E-state index in [0.717, 1.165) is 56.5 Å². The lowest BCUT2D eigenvalue weighted by molar-refractivity contribution is -0.344. The van der Waals surface area contributed by atoms with Crippen LogP contribution in [0.5, 0.6) is 0 Å². The molecular formula is C41H67N5O4. The van der Waals surface area contributed by atoms with Gasteiger partial charge in [-0.3, -0.25) is 5.01 Å². The van der Waals surface area contributed by atoms with E-state index in [1.807, 2.05) is 18.2 Å². The van der Waals surface area contributed by atoms with Crippen molar-refractivity contribution in [2.24, 2.45) is 32.4 Å². The van der Waals surface area contributed by atoms with Gasteiger partial charge in [-0.05, 0) is 50.5 Å². The Morgan fingerprint density at radius 1 is 0.760 bits per heavy atom. The Morgan fingerprint density at radius 3 is 2.22 bits per heavy atom. The second kappa shape index (κ2) is 22.0. The molecule has 0 bridgehead atoms. The number of hydrogen-bond donors (Lipinski definition) is 0. The molecule has 8 unspecified atom stereocenters. The second-order valence-electron chi connectivity index (χ2n) is 15.1. The third-order valence-electron chi connectivity index (χ3n) is 11.2. The molecule has 4 aliphatic heterocycles. The van der Waals surface area contributed by atoms with E-state index >= 15 is 0 Å². The van der Waals surface area contributed by atoms with Crippen molar-refractivity contribution in [2.75, 3.05) is 26.8 Å². The Morgan fingerprint density at radius 2 is 1.48 bits per heavy atom. The van der Waals surface area contributed by atoms with Gasteiger partial charge in [-0.25, -0.2) is 0 Å². The number of benzene rings is 1. The Hall–Kier alpha value is -2.20. The molecule has 0 amide bonds. The van der Waals surface area contributed by atoms with Crippen molar-refractivity contribution in [3.05, 3.63) is 47.7 Å². The topological polar surface area (TPSA) is 89.6 Å². The molecule has 0 radical (unpaired) electrons. The summed E-state index contributed by atoms with van der Waals surface area (Å²) in [7, 11) is 1.77. The SMILES string of the molecule is CCCCCCCCCC1C=C(CCC2C(OC)OC3COC(c4ccccc4)OC3C2CCC2CN(CCCCCCCCC)N=N2)N=N1. The first kappa shape index (κ1) is 39.0. The second-order valence-corrected chi connectivity index (χ2v) is 15.1. The van der Waals surface area contributed by atoms with Crippen LogP contribution in [0.1, 0.15) is 148 Å². The molecule has 8 atom stereocenters. The highest BCUT2D eigenvalue weighted by atomic mass is 16.7. The van der Waals surface area contributed by atoms with Gasteiger partial charge in [0, 0.05) is 25.1 Å². The summed E-state index contributed by atoms with van der Waals surface area (Å²) >= 11 is 0. The largest absolute Gasteiger partial charge is 0.356 e. The zero-order chi connectivity index (χ0) is 34.8. The first-order valence-electron chi connectivity index (χ1n) is 20.5. The molecule has 1 aromatic carbocycles. The van der Waals surface area contributed by atoms with Crippen LogP contribution < -0.4 is 0 Å². The van der Waals surface area contributed by atoms with Gasteiger partial charge in [-0.2, -0.15) is 15.3 Å². The van der Waals surface area contributed by atoms with Gasteiger partial charge in [-0.15, -0.1) is 0 Å². The maximum absolute atomic E-state index is 6.80. The lowest BCUT2D eigenvalue weighted by atomic mass is 9.75. The van der Waals surface area contributed by atoms with E-state index in [9.17, 15) is 0 Å². The summed E-state index contributed by atoms with van der Waals surface area (Å²) in [5.41, 5.74) is 2.15. The fourth-order valence-corrected chi connectivity index (χ4v) is 8.22. The molecule has 0 saturated carbocycles. The molecule has 2 fully saturated rings. The lowest BCUT2D eigenvalue weighted by Crippen LogP contribution is -2.57. The van der Waals surface area contributed by atoms with Crippen LogP contribution in [0.4, 0.5) is 0 Å². The van der Waals surface area contributed by atoms with Gasteiger partial charge in [0.2, 0.25) is 0 Å². The average molecular weight is 694 g/mol. The van der Waals surface area contributed by atoms with Crippen molar-refractivity contribution in [2.45, 2.75) is 173 Å². The molecule has 0 N–H and O–H groups in total. The van der Waals surface area contributed by atoms with Crippen molar-refractivity contribution >= 4 is 0 Å². The zero-order valence-corrected chi connectivity index (χ0v) is 31.5. The van der Waals surface area contributed by atoms with Crippen molar-refractivity contribution < 1.29 is 18.9 Å². The molecule has 50 heavy (non-hydrogen) atoms. The number of fused-ring (bicyclic) bond motifs is 1. The van der Waals surface area contributed by atoms with Crippen LogP contribution in [-0.2, 0) is 18.9 Å². The maximum Gasteiger partial charge on any atom is 0.184 e. The standard InChI is InChI=1S/C41H67N5O4/c1-4-6-8-10-12-14-19-23-33-29-34(43-42-33)24-27-37-36(26-25-35-30-46(45-44-35)28-20-15-13-11-9-7-5-2)39-38(49-41(37)47-3)31-48-40(50-39)32-21-17-16-18-22-32/h16-18,21-22,29,33,35-41H,4-15,19-20,23-28,30-31H2,1-3H3. The molecular weight excluding hydrogens is 626 g/mol. The highest BCUT2D eigenvalue weighted by molar-refractivity contribution is 5.17. The van der Waals surface area contributed by atoms with Gasteiger partial charge in [0.1, 0.15) is 6.10 Å². The van der Waals surface area contributed by atoms with E-state index in [1.54, 1.807) is 7.11 Å². The number of ether oxygens (including phenoxy) is 4. The van der Waals surface area contributed by atoms with Crippen molar-refractivity contribution in [1.29, 1.82) is 0 Å². The molecule has 0 spiro atoms. The molecule has 1 aromatic rings. The Labute approximate surface area is 303 Å². The van der Waals surface area contributed by atoms with Crippen molar-refractivity contribution in [3.8, 4) is 0 Å². The van der Waals surface area contributed by atoms with Crippen LogP contribution in [0, 0.1) is 11.8 Å². The third kappa shape index (κ3) is 12.2. The number of methoxy groups -OCH3 is 1. The molecule has 9 nitrogen and oxygen atoms in total. The molecule has 280 valence electrons. The molecule has 4 aliphatic rings. The van der Waals surface area contributed by atoms with E-state index in [-0.39, 0.29) is 42.4 Å². The number of nitrogens with zero attached hydrogens (tertiary/aromatic N) is 5.